The molecule has 36 heavy (non-hydrogen) atoms. The van der Waals surface area contributed by atoms with Gasteiger partial charge in [0.2, 0.25) is 0 Å². The maximum Gasteiger partial charge on any atom is 0.186 e. The lowest BCUT2D eigenvalue weighted by molar-refractivity contribution is 0.0977. The summed E-state index contributed by atoms with van der Waals surface area (Å²) in [4.78, 5) is 23.7. The van der Waals surface area contributed by atoms with Crippen LogP contribution in [0.1, 0.15) is 58.2 Å². The average molecular weight is 492 g/mol. The molecule has 1 fully saturated rings. The highest BCUT2D eigenvalue weighted by Crippen LogP contribution is 2.40. The molecule has 5 rings (SSSR count). The van der Waals surface area contributed by atoms with Crippen LogP contribution in [0.5, 0.6) is 5.75 Å². The Labute approximate surface area is 208 Å². The Balaban J connectivity index is 1.28. The normalized spacial score (nSPS) is 13.6. The number of fused-ring (bicyclic) bond motifs is 1. The number of likely N-dealkylation sites (N-methyl/N-ethyl adjacent to an activating group) is 1. The van der Waals surface area contributed by atoms with Gasteiger partial charge in [-0.15, -0.1) is 5.10 Å². The molecule has 0 unspecified atom stereocenters. The van der Waals surface area contributed by atoms with Gasteiger partial charge in [-0.1, -0.05) is 11.3 Å². The van der Waals surface area contributed by atoms with Gasteiger partial charge >= 0.3 is 0 Å². The van der Waals surface area contributed by atoms with E-state index in [1.54, 1.807) is 10.9 Å². The zero-order valence-electron chi connectivity index (χ0n) is 20.8. The Kier molecular flexibility index (Phi) is 6.77. The van der Waals surface area contributed by atoms with Gasteiger partial charge in [-0.25, -0.2) is 14.1 Å². The third-order valence-corrected chi connectivity index (χ3v) is 6.46. The highest BCUT2D eigenvalue weighted by molar-refractivity contribution is 5.93. The van der Waals surface area contributed by atoms with Crippen molar-refractivity contribution in [3.63, 3.8) is 0 Å². The Morgan fingerprint density at radius 2 is 2.06 bits per heavy atom. The number of pyridine rings is 2. The van der Waals surface area contributed by atoms with E-state index in [2.05, 4.69) is 51.0 Å². The van der Waals surface area contributed by atoms with Crippen LogP contribution in [0.15, 0.2) is 36.9 Å². The lowest BCUT2D eigenvalue weighted by Crippen LogP contribution is -2.15. The number of hydrogen-bond donors (Lipinski definition) is 0. The van der Waals surface area contributed by atoms with Gasteiger partial charge in [0.05, 0.1) is 31.2 Å². The van der Waals surface area contributed by atoms with Gasteiger partial charge in [-0.3, -0.25) is 9.78 Å². The first kappa shape index (κ1) is 24.1. The number of imidazole rings is 1. The van der Waals surface area contributed by atoms with Gasteiger partial charge in [0.15, 0.2) is 17.3 Å². The smallest absolute Gasteiger partial charge is 0.186 e. The highest BCUT2D eigenvalue weighted by atomic mass is 19.1. The number of ether oxygens (including phenoxy) is 1. The van der Waals surface area contributed by atoms with Crippen LogP contribution in [0.3, 0.4) is 0 Å². The van der Waals surface area contributed by atoms with Crippen molar-refractivity contribution < 1.29 is 13.9 Å². The molecule has 10 heteroatoms. The minimum atomic E-state index is -0.543. The van der Waals surface area contributed by atoms with Crippen LogP contribution in [0.25, 0.3) is 5.65 Å². The fourth-order valence-electron chi connectivity index (χ4n) is 4.32. The Morgan fingerprint density at radius 3 is 2.81 bits per heavy atom. The Morgan fingerprint density at radius 1 is 1.22 bits per heavy atom. The number of Topliss-reactive ketones (excluding diaryl/α,β-unsaturated/α-hetero) is 1. The summed E-state index contributed by atoms with van der Waals surface area (Å²) in [6, 6.07) is 3.75. The first-order valence-corrected chi connectivity index (χ1v) is 12.2. The molecule has 0 radical (unpaired) electrons. The largest absolute Gasteiger partial charge is 0.494 e. The number of halogens is 1. The summed E-state index contributed by atoms with van der Waals surface area (Å²) >= 11 is 0. The molecule has 0 amide bonds. The van der Waals surface area contributed by atoms with Crippen molar-refractivity contribution in [2.75, 3.05) is 27.7 Å². The molecule has 1 aliphatic carbocycles. The van der Waals surface area contributed by atoms with E-state index in [1.807, 2.05) is 6.20 Å². The number of hydrogen-bond acceptors (Lipinski definition) is 7. The van der Waals surface area contributed by atoms with Crippen LogP contribution in [-0.2, 0) is 19.4 Å². The molecule has 0 saturated heterocycles. The molecule has 188 valence electrons. The summed E-state index contributed by atoms with van der Waals surface area (Å²) in [5.74, 6) is 0.00118. The summed E-state index contributed by atoms with van der Waals surface area (Å²) in [5, 5.41) is 8.15. The second kappa shape index (κ2) is 10.1. The van der Waals surface area contributed by atoms with E-state index in [0.717, 1.165) is 24.3 Å². The van der Waals surface area contributed by atoms with Crippen molar-refractivity contribution in [1.29, 1.82) is 0 Å². The van der Waals surface area contributed by atoms with Crippen molar-refractivity contribution in [3.05, 3.63) is 70.9 Å². The number of carbonyl (C=O) groups is 1. The van der Waals surface area contributed by atoms with Gasteiger partial charge in [-0.2, -0.15) is 0 Å². The molecule has 4 aromatic heterocycles. The van der Waals surface area contributed by atoms with Crippen LogP contribution in [-0.4, -0.2) is 67.8 Å². The molecule has 0 atom stereocenters. The zero-order valence-corrected chi connectivity index (χ0v) is 20.8. The van der Waals surface area contributed by atoms with Crippen LogP contribution in [0.4, 0.5) is 4.39 Å². The molecule has 0 aromatic carbocycles. The molecule has 0 spiro atoms. The molecule has 1 aliphatic rings. The van der Waals surface area contributed by atoms with Crippen molar-refractivity contribution in [2.24, 2.45) is 0 Å². The quantitative estimate of drug-likeness (QED) is 0.297. The van der Waals surface area contributed by atoms with Crippen molar-refractivity contribution in [2.45, 2.75) is 44.6 Å². The third-order valence-electron chi connectivity index (χ3n) is 6.46. The summed E-state index contributed by atoms with van der Waals surface area (Å²) in [7, 11) is 5.55. The summed E-state index contributed by atoms with van der Waals surface area (Å²) in [6.45, 7) is 1.36. The number of aryl methyl sites for hydroxylation is 1. The first-order chi connectivity index (χ1) is 17.4. The van der Waals surface area contributed by atoms with Gasteiger partial charge < -0.3 is 14.0 Å². The van der Waals surface area contributed by atoms with Crippen molar-refractivity contribution in [1.82, 2.24) is 34.3 Å². The number of methoxy groups -OCH3 is 1. The summed E-state index contributed by atoms with van der Waals surface area (Å²) < 4.78 is 23.0. The zero-order chi connectivity index (χ0) is 25.2. The Bertz CT molecular complexity index is 1390. The lowest BCUT2D eigenvalue weighted by atomic mass is 10.1. The molecule has 0 bridgehead atoms. The van der Waals surface area contributed by atoms with Crippen LogP contribution >= 0.6 is 0 Å². The van der Waals surface area contributed by atoms with Gasteiger partial charge in [0.25, 0.3) is 0 Å². The minimum absolute atomic E-state index is 0.0727. The van der Waals surface area contributed by atoms with Crippen LogP contribution in [0.2, 0.25) is 0 Å². The lowest BCUT2D eigenvalue weighted by Gasteiger charge is -2.11. The van der Waals surface area contributed by atoms with E-state index >= 15 is 0 Å². The number of rotatable bonds is 11. The molecule has 0 aliphatic heterocycles. The second-order valence-corrected chi connectivity index (χ2v) is 9.59. The first-order valence-electron chi connectivity index (χ1n) is 12.2. The maximum absolute atomic E-state index is 14.3. The molecular formula is C26H30FN7O2. The van der Waals surface area contributed by atoms with Gasteiger partial charge in [0, 0.05) is 44.0 Å². The molecule has 1 saturated carbocycles. The molecule has 4 heterocycles. The minimum Gasteiger partial charge on any atom is -0.494 e. The van der Waals surface area contributed by atoms with Gasteiger partial charge in [-0.05, 0) is 50.4 Å². The Hall–Kier alpha value is -3.66. The fourth-order valence-corrected chi connectivity index (χ4v) is 4.32. The predicted octanol–water partition coefficient (Wildman–Crippen LogP) is 3.31. The van der Waals surface area contributed by atoms with Gasteiger partial charge in [0.1, 0.15) is 11.3 Å². The predicted molar refractivity (Wildman–Crippen MR) is 132 cm³/mol. The topological polar surface area (TPSA) is 90.4 Å². The number of nitrogens with zero attached hydrogens (tertiary/aromatic N) is 7. The fraction of sp³-hybridized carbons (Fsp3) is 0.423. The standard InChI is InChI=1S/C26H30FN7O2/c1-32(2)11-9-18-12-19(17-4-5-17)13-33-14-20(29-26(18)33)15-34-16-22(30-31-34)23(35)7-6-21-25(27)24(36-3)8-10-28-21/h8,10,12-14,16-17H,4-7,9,11,15H2,1-3H3. The van der Waals surface area contributed by atoms with E-state index in [9.17, 15) is 9.18 Å². The average Bonchev–Trinajstić information content (AvgIpc) is 3.48. The number of aromatic nitrogens is 6. The monoisotopic (exact) mass is 491 g/mol. The maximum atomic E-state index is 14.3. The van der Waals surface area contributed by atoms with E-state index in [4.69, 9.17) is 9.72 Å². The van der Waals surface area contributed by atoms with Crippen molar-refractivity contribution in [3.8, 4) is 5.75 Å². The summed E-state index contributed by atoms with van der Waals surface area (Å²) in [6.07, 6.45) is 10.9. The van der Waals surface area contributed by atoms with E-state index in [1.165, 1.54) is 43.3 Å². The van der Waals surface area contributed by atoms with Crippen molar-refractivity contribution >= 4 is 11.4 Å². The summed E-state index contributed by atoms with van der Waals surface area (Å²) in [5.41, 5.74) is 4.85. The van der Waals surface area contributed by atoms with Crippen LogP contribution in [0, 0.1) is 5.82 Å². The molecule has 4 aromatic rings. The SMILES string of the molecule is COc1ccnc(CCC(=O)c2cn(Cc3cn4cc(C5CC5)cc(CCN(C)C)c4n3)nn2)c1F. The molecule has 9 nitrogen and oxygen atoms in total. The second-order valence-electron chi connectivity index (χ2n) is 9.59. The van der Waals surface area contributed by atoms with E-state index in [-0.39, 0.29) is 35.8 Å². The van der Waals surface area contributed by atoms with Crippen LogP contribution < -0.4 is 4.74 Å². The third kappa shape index (κ3) is 5.28. The highest BCUT2D eigenvalue weighted by Gasteiger charge is 2.25. The number of carbonyl (C=O) groups excluding carboxylic acids is 1. The van der Waals surface area contributed by atoms with E-state index < -0.39 is 5.82 Å². The molecule has 0 N–H and O–H groups in total. The number of ketones is 1. The molecular weight excluding hydrogens is 461 g/mol. The van der Waals surface area contributed by atoms with E-state index in [0.29, 0.717) is 12.5 Å².